The monoisotopic (exact) mass is 932 g/mol. The average molecular weight is 933 g/mol. The van der Waals surface area contributed by atoms with E-state index in [1.54, 1.807) is 0 Å². The van der Waals surface area contributed by atoms with Gasteiger partial charge in [0, 0.05) is 34.8 Å². The maximum atomic E-state index is 14.5. The van der Waals surface area contributed by atoms with Crippen molar-refractivity contribution in [3.8, 4) is 11.1 Å². The summed E-state index contributed by atoms with van der Waals surface area (Å²) in [6.45, 7) is 3.57. The van der Waals surface area contributed by atoms with Gasteiger partial charge in [-0.05, 0) is 54.1 Å². The van der Waals surface area contributed by atoms with Crippen LogP contribution in [0.4, 0.5) is 22.7 Å². The lowest BCUT2D eigenvalue weighted by atomic mass is 9.80. The summed E-state index contributed by atoms with van der Waals surface area (Å²) in [6, 6.07) is 19.3. The molecule has 1 aliphatic rings. The number of carbonyl (C=O) groups excluding carboxylic acids is 3. The number of aromatic carboxylic acids is 1. The van der Waals surface area contributed by atoms with Crippen molar-refractivity contribution in [1.29, 1.82) is 0 Å². The zero-order chi connectivity index (χ0) is 47.1. The van der Waals surface area contributed by atoms with E-state index in [0.29, 0.717) is 6.07 Å². The average Bonchev–Trinajstić information content (AvgIpc) is 3.22. The van der Waals surface area contributed by atoms with Crippen LogP contribution in [-0.2, 0) is 42.2 Å². The molecular formula is C42H36N4O15S3. The fourth-order valence-corrected chi connectivity index (χ4v) is 8.86. The van der Waals surface area contributed by atoms with Crippen molar-refractivity contribution in [2.45, 2.75) is 35.0 Å². The Hall–Kier alpha value is -7.08. The maximum absolute atomic E-state index is 14.5. The summed E-state index contributed by atoms with van der Waals surface area (Å²) in [7, 11) is -14.2. The predicted molar refractivity (Wildman–Crippen MR) is 234 cm³/mol. The van der Waals surface area contributed by atoms with Gasteiger partial charge in [-0.15, -0.1) is 0 Å². The van der Waals surface area contributed by atoms with Gasteiger partial charge in [-0.3, -0.25) is 32.8 Å². The van der Waals surface area contributed by atoms with E-state index in [2.05, 4.69) is 29.8 Å². The second-order valence-corrected chi connectivity index (χ2v) is 18.3. The van der Waals surface area contributed by atoms with Crippen molar-refractivity contribution in [1.82, 2.24) is 4.57 Å². The molecule has 0 aliphatic heterocycles. The number of aromatic nitrogens is 1. The van der Waals surface area contributed by atoms with Crippen LogP contribution >= 0.6 is 0 Å². The number of fused-ring (bicyclic) bond motifs is 2. The molecule has 1 heterocycles. The van der Waals surface area contributed by atoms with Crippen molar-refractivity contribution in [3.63, 3.8) is 0 Å². The van der Waals surface area contributed by atoms with Gasteiger partial charge in [-0.25, -0.2) is 4.79 Å². The molecule has 332 valence electrons. The lowest BCUT2D eigenvalue weighted by molar-refractivity contribution is -0.114. The molecule has 0 atom stereocenters. The minimum atomic E-state index is -5.39. The molecule has 6 aromatic rings. The van der Waals surface area contributed by atoms with Gasteiger partial charge in [0.25, 0.3) is 35.9 Å². The Bertz CT molecular complexity index is 3380. The fraction of sp³-hybridized carbons (Fsp3) is 0.119. The summed E-state index contributed by atoms with van der Waals surface area (Å²) in [4.78, 5) is 64.6. The minimum Gasteiger partial charge on any atom is -0.478 e. The molecule has 19 nitrogen and oxygen atoms in total. The van der Waals surface area contributed by atoms with E-state index in [9.17, 15) is 68.0 Å². The van der Waals surface area contributed by atoms with Crippen LogP contribution in [0.3, 0.4) is 0 Å². The molecule has 0 saturated heterocycles. The lowest BCUT2D eigenvalue weighted by Gasteiger charge is -2.26. The van der Waals surface area contributed by atoms with Crippen molar-refractivity contribution < 1.29 is 63.2 Å². The van der Waals surface area contributed by atoms with E-state index < -0.39 is 97.5 Å². The Labute approximate surface area is 364 Å². The number of pyridine rings is 1. The Kier molecular flexibility index (Phi) is 12.8. The smallest absolute Gasteiger partial charge is 0.337 e. The maximum Gasteiger partial charge on any atom is 0.337 e. The number of amides is 1. The number of carboxylic acids is 1. The van der Waals surface area contributed by atoms with Gasteiger partial charge in [-0.1, -0.05) is 68.8 Å². The molecule has 7 N–H and O–H groups in total. The van der Waals surface area contributed by atoms with Crippen LogP contribution in [0.15, 0.2) is 117 Å². The zero-order valence-electron chi connectivity index (χ0n) is 33.6. The Morgan fingerprint density at radius 1 is 0.656 bits per heavy atom. The van der Waals surface area contributed by atoms with Gasteiger partial charge in [0.1, 0.15) is 9.79 Å². The van der Waals surface area contributed by atoms with E-state index in [1.807, 2.05) is 0 Å². The van der Waals surface area contributed by atoms with Crippen LogP contribution in [-0.4, -0.2) is 78.6 Å². The molecule has 5 aromatic carbocycles. The molecule has 1 aliphatic carbocycles. The molecule has 1 amide bonds. The number of rotatable bonds is 12. The zero-order valence-corrected chi connectivity index (χ0v) is 36.1. The first-order chi connectivity index (χ1) is 30.0. The van der Waals surface area contributed by atoms with Crippen LogP contribution in [0, 0.1) is 0 Å². The van der Waals surface area contributed by atoms with E-state index >= 15 is 0 Å². The predicted octanol–water partition coefficient (Wildman–Crippen LogP) is 5.63. The molecule has 1 aromatic heterocycles. The van der Waals surface area contributed by atoms with Gasteiger partial charge < -0.3 is 25.6 Å². The van der Waals surface area contributed by atoms with Crippen molar-refractivity contribution >= 4 is 87.4 Å². The summed E-state index contributed by atoms with van der Waals surface area (Å²) in [5, 5.41) is 16.9. The third kappa shape index (κ3) is 9.04. The number of carbonyl (C=O) groups is 4. The number of nitrogens with zero attached hydrogens (tertiary/aromatic N) is 1. The Morgan fingerprint density at radius 3 is 1.89 bits per heavy atom. The van der Waals surface area contributed by atoms with Crippen molar-refractivity contribution in [2.75, 3.05) is 22.5 Å². The summed E-state index contributed by atoms with van der Waals surface area (Å²) >= 11 is 0. The van der Waals surface area contributed by atoms with Crippen LogP contribution in [0.25, 0.3) is 22.0 Å². The van der Waals surface area contributed by atoms with Crippen molar-refractivity contribution in [3.05, 3.63) is 135 Å². The van der Waals surface area contributed by atoms with Crippen LogP contribution in [0.1, 0.15) is 62.5 Å². The quantitative estimate of drug-likeness (QED) is 0.0577. The number of carboxylic acid groups (broad SMARTS) is 1. The Balaban J connectivity index is 0.00000220. The molecule has 0 spiro atoms. The summed E-state index contributed by atoms with van der Waals surface area (Å²) in [5.74, 6) is -4.06. The molecular weight excluding hydrogens is 897 g/mol. The normalized spacial score (nSPS) is 12.1. The molecule has 64 heavy (non-hydrogen) atoms. The standard InChI is InChI=1S/C39H28N4O15S3.C3H8/c1-43-28-14-13-25(33-34(28)32(21-9-2-3-10-22(21)37(33)46)35(38(43)47)36(45)19-7-6-8-20(15-19)59(50,51)52)41-26-16-27(30(61(56,57)58)17-29(26)60(53,54)55)42-31(44)18-40-24-12-5-4-11-23(24)39(48)49;1-3-2/h2-17,40-41H,18H2,1H3,(H,42,44)(H,48,49)(H,50,51,52)(H,53,54,55)(H,56,57,58);3H2,1-2H3. The van der Waals surface area contributed by atoms with E-state index in [0.717, 1.165) is 22.8 Å². The molecule has 0 unspecified atom stereocenters. The van der Waals surface area contributed by atoms with E-state index in [-0.39, 0.29) is 55.7 Å². The van der Waals surface area contributed by atoms with Crippen LogP contribution in [0.2, 0.25) is 0 Å². The van der Waals surface area contributed by atoms with Gasteiger partial charge in [0.15, 0.2) is 11.6 Å². The van der Waals surface area contributed by atoms with Crippen LogP contribution in [0.5, 0.6) is 0 Å². The van der Waals surface area contributed by atoms with Crippen molar-refractivity contribution in [2.24, 2.45) is 7.05 Å². The highest BCUT2D eigenvalue weighted by atomic mass is 32.2. The van der Waals surface area contributed by atoms with Crippen LogP contribution < -0.4 is 21.5 Å². The molecule has 0 fully saturated rings. The largest absolute Gasteiger partial charge is 0.478 e. The highest BCUT2D eigenvalue weighted by Crippen LogP contribution is 2.45. The molecule has 0 bridgehead atoms. The molecule has 7 rings (SSSR count). The van der Waals surface area contributed by atoms with Gasteiger partial charge >= 0.3 is 5.97 Å². The lowest BCUT2D eigenvalue weighted by Crippen LogP contribution is -2.29. The highest BCUT2D eigenvalue weighted by Gasteiger charge is 2.35. The SMILES string of the molecule is CCC.Cn1c(=O)c(C(=O)c2cccc(S(=O)(=O)O)c2)c2c3c(c(Nc4cc(NC(=O)CNc5ccccc5C(=O)O)c(S(=O)(=O)O)cc4S(=O)(=O)O)ccc31)C(=O)c1ccccc1-2. The minimum absolute atomic E-state index is 0.00842. The topological polar surface area (TPSA) is 310 Å². The number of hydrogen-bond acceptors (Lipinski definition) is 13. The number of hydrogen-bond donors (Lipinski definition) is 7. The number of benzene rings is 5. The molecule has 22 heteroatoms. The number of aryl methyl sites for hydroxylation is 1. The first-order valence-electron chi connectivity index (χ1n) is 18.7. The number of anilines is 4. The molecule has 0 saturated carbocycles. The van der Waals surface area contributed by atoms with E-state index in [1.165, 1.54) is 86.3 Å². The van der Waals surface area contributed by atoms with Gasteiger partial charge in [0.05, 0.1) is 50.7 Å². The van der Waals surface area contributed by atoms with Gasteiger partial charge in [0.2, 0.25) is 5.91 Å². The third-order valence-corrected chi connectivity index (χ3v) is 12.3. The summed E-state index contributed by atoms with van der Waals surface area (Å²) < 4.78 is 106. The number of ketones is 2. The second kappa shape index (κ2) is 17.6. The third-order valence-electron chi connectivity index (χ3n) is 9.63. The summed E-state index contributed by atoms with van der Waals surface area (Å²) in [6.07, 6.45) is 1.25. The second-order valence-electron chi connectivity index (χ2n) is 14.1. The van der Waals surface area contributed by atoms with Gasteiger partial charge in [-0.2, -0.15) is 25.3 Å². The first-order valence-corrected chi connectivity index (χ1v) is 23.0. The molecule has 0 radical (unpaired) electrons. The van der Waals surface area contributed by atoms with E-state index in [4.69, 9.17) is 0 Å². The highest BCUT2D eigenvalue weighted by molar-refractivity contribution is 7.87. The Morgan fingerprint density at radius 2 is 1.27 bits per heavy atom. The fourth-order valence-electron chi connectivity index (χ4n) is 6.95. The number of para-hydroxylation sites is 1. The number of nitrogens with one attached hydrogen (secondary N) is 3. The summed E-state index contributed by atoms with van der Waals surface area (Å²) in [5.41, 5.74) is -3.67. The first kappa shape index (κ1) is 46.4.